The molecule has 2 rings (SSSR count). The van der Waals surface area contributed by atoms with Crippen LogP contribution in [-0.4, -0.2) is 12.4 Å². The Morgan fingerprint density at radius 1 is 1.46 bits per heavy atom. The first-order valence-electron chi connectivity index (χ1n) is 4.21. The maximum Gasteiger partial charge on any atom is 0.153 e. The second kappa shape index (κ2) is 3.50. The van der Waals surface area contributed by atoms with Crippen molar-refractivity contribution in [3.05, 3.63) is 28.2 Å². The largest absolute Gasteiger partial charge is 0.490 e. The van der Waals surface area contributed by atoms with Crippen LogP contribution >= 0.6 is 15.9 Å². The Bertz CT molecular complexity index is 332. The number of rotatable bonds is 3. The SMILES string of the molecule is O=Cc1ccc(Br)cc1OC1CC1. The standard InChI is InChI=1S/C10H9BrO2/c11-8-2-1-7(6-12)10(5-8)13-9-3-4-9/h1-2,5-6,9H,3-4H2. The van der Waals surface area contributed by atoms with E-state index in [4.69, 9.17) is 4.74 Å². The Morgan fingerprint density at radius 2 is 2.23 bits per heavy atom. The highest BCUT2D eigenvalue weighted by atomic mass is 79.9. The Labute approximate surface area is 85.0 Å². The molecule has 0 amide bonds. The number of benzene rings is 1. The molecule has 1 aromatic rings. The molecule has 0 N–H and O–H groups in total. The minimum absolute atomic E-state index is 0.327. The highest BCUT2D eigenvalue weighted by Crippen LogP contribution is 2.30. The molecule has 0 atom stereocenters. The number of ether oxygens (including phenoxy) is 1. The first-order valence-corrected chi connectivity index (χ1v) is 5.00. The van der Waals surface area contributed by atoms with E-state index in [-0.39, 0.29) is 0 Å². The second-order valence-electron chi connectivity index (χ2n) is 3.12. The third kappa shape index (κ3) is 2.10. The molecule has 0 aromatic heterocycles. The van der Waals surface area contributed by atoms with Crippen LogP contribution in [0.3, 0.4) is 0 Å². The first-order chi connectivity index (χ1) is 6.29. The van der Waals surface area contributed by atoms with Crippen molar-refractivity contribution in [3.8, 4) is 5.75 Å². The van der Waals surface area contributed by atoms with E-state index in [1.54, 1.807) is 6.07 Å². The lowest BCUT2D eigenvalue weighted by molar-refractivity contribution is 0.111. The lowest BCUT2D eigenvalue weighted by Gasteiger charge is -2.06. The van der Waals surface area contributed by atoms with Crippen LogP contribution < -0.4 is 4.74 Å². The van der Waals surface area contributed by atoms with Crippen molar-refractivity contribution >= 4 is 22.2 Å². The summed E-state index contributed by atoms with van der Waals surface area (Å²) in [6.45, 7) is 0. The number of halogens is 1. The molecule has 0 saturated heterocycles. The zero-order valence-corrected chi connectivity index (χ0v) is 8.58. The van der Waals surface area contributed by atoms with Crippen molar-refractivity contribution in [2.75, 3.05) is 0 Å². The quantitative estimate of drug-likeness (QED) is 0.760. The summed E-state index contributed by atoms with van der Waals surface area (Å²) in [5.74, 6) is 0.687. The van der Waals surface area contributed by atoms with Crippen LogP contribution in [0.25, 0.3) is 0 Å². The van der Waals surface area contributed by atoms with Crippen molar-refractivity contribution in [2.24, 2.45) is 0 Å². The molecule has 3 heteroatoms. The van der Waals surface area contributed by atoms with Crippen LogP contribution in [0.2, 0.25) is 0 Å². The van der Waals surface area contributed by atoms with Gasteiger partial charge in [-0.25, -0.2) is 0 Å². The van der Waals surface area contributed by atoms with E-state index in [0.29, 0.717) is 17.4 Å². The maximum absolute atomic E-state index is 10.6. The summed E-state index contributed by atoms with van der Waals surface area (Å²) in [6, 6.07) is 5.43. The number of carbonyl (C=O) groups is 1. The third-order valence-corrected chi connectivity index (χ3v) is 2.41. The normalized spacial score (nSPS) is 15.5. The monoisotopic (exact) mass is 240 g/mol. The minimum Gasteiger partial charge on any atom is -0.490 e. The Hall–Kier alpha value is -0.830. The van der Waals surface area contributed by atoms with Crippen LogP contribution in [0.15, 0.2) is 22.7 Å². The van der Waals surface area contributed by atoms with Gasteiger partial charge in [-0.1, -0.05) is 15.9 Å². The van der Waals surface area contributed by atoms with Gasteiger partial charge in [0, 0.05) is 4.47 Å². The minimum atomic E-state index is 0.327. The number of carbonyl (C=O) groups excluding carboxylic acids is 1. The van der Waals surface area contributed by atoms with Gasteiger partial charge in [0.15, 0.2) is 6.29 Å². The van der Waals surface area contributed by atoms with Gasteiger partial charge >= 0.3 is 0 Å². The van der Waals surface area contributed by atoms with Gasteiger partial charge in [0.05, 0.1) is 11.7 Å². The second-order valence-corrected chi connectivity index (χ2v) is 4.03. The lowest BCUT2D eigenvalue weighted by Crippen LogP contribution is -1.98. The fourth-order valence-electron chi connectivity index (χ4n) is 1.07. The van der Waals surface area contributed by atoms with Gasteiger partial charge in [-0.05, 0) is 31.0 Å². The molecule has 0 aliphatic heterocycles. The summed E-state index contributed by atoms with van der Waals surface area (Å²) in [6.07, 6.45) is 3.35. The lowest BCUT2D eigenvalue weighted by atomic mass is 10.2. The van der Waals surface area contributed by atoms with Crippen LogP contribution in [0.5, 0.6) is 5.75 Å². The average molecular weight is 241 g/mol. The van der Waals surface area contributed by atoms with Crippen molar-refractivity contribution < 1.29 is 9.53 Å². The molecular formula is C10H9BrO2. The van der Waals surface area contributed by atoms with Crippen LogP contribution in [0.4, 0.5) is 0 Å². The zero-order chi connectivity index (χ0) is 9.26. The van der Waals surface area contributed by atoms with Crippen molar-refractivity contribution in [2.45, 2.75) is 18.9 Å². The predicted molar refractivity (Wildman–Crippen MR) is 53.2 cm³/mol. The number of hydrogen-bond donors (Lipinski definition) is 0. The summed E-state index contributed by atoms with van der Waals surface area (Å²) < 4.78 is 6.51. The number of hydrogen-bond acceptors (Lipinski definition) is 2. The van der Waals surface area contributed by atoms with Crippen LogP contribution in [0, 0.1) is 0 Å². The Morgan fingerprint density at radius 3 is 2.85 bits per heavy atom. The van der Waals surface area contributed by atoms with E-state index in [1.165, 1.54) is 0 Å². The first kappa shape index (κ1) is 8.75. The predicted octanol–water partition coefficient (Wildman–Crippen LogP) is 2.80. The highest BCUT2D eigenvalue weighted by Gasteiger charge is 2.24. The fraction of sp³-hybridized carbons (Fsp3) is 0.300. The average Bonchev–Trinajstić information content (AvgIpc) is 2.89. The van der Waals surface area contributed by atoms with E-state index in [1.807, 2.05) is 12.1 Å². The molecule has 0 spiro atoms. The molecule has 0 radical (unpaired) electrons. The van der Waals surface area contributed by atoms with E-state index in [9.17, 15) is 4.79 Å². The van der Waals surface area contributed by atoms with Gasteiger partial charge < -0.3 is 4.74 Å². The van der Waals surface area contributed by atoms with E-state index >= 15 is 0 Å². The zero-order valence-electron chi connectivity index (χ0n) is 7.00. The van der Waals surface area contributed by atoms with E-state index < -0.39 is 0 Å². The van der Waals surface area contributed by atoms with Crippen molar-refractivity contribution in [3.63, 3.8) is 0 Å². The number of aldehydes is 1. The molecule has 0 bridgehead atoms. The molecule has 0 heterocycles. The molecule has 1 saturated carbocycles. The molecular weight excluding hydrogens is 232 g/mol. The molecule has 1 fully saturated rings. The fourth-order valence-corrected chi connectivity index (χ4v) is 1.41. The highest BCUT2D eigenvalue weighted by molar-refractivity contribution is 9.10. The Kier molecular flexibility index (Phi) is 2.36. The van der Waals surface area contributed by atoms with Gasteiger partial charge in [0.2, 0.25) is 0 Å². The maximum atomic E-state index is 10.6. The smallest absolute Gasteiger partial charge is 0.153 e. The van der Waals surface area contributed by atoms with Crippen LogP contribution in [0.1, 0.15) is 23.2 Å². The molecule has 2 nitrogen and oxygen atoms in total. The summed E-state index contributed by atoms with van der Waals surface area (Å²) >= 11 is 3.34. The molecule has 1 aliphatic carbocycles. The van der Waals surface area contributed by atoms with Crippen molar-refractivity contribution in [1.29, 1.82) is 0 Å². The molecule has 68 valence electrons. The van der Waals surface area contributed by atoms with Gasteiger partial charge in [0.1, 0.15) is 5.75 Å². The van der Waals surface area contributed by atoms with E-state index in [0.717, 1.165) is 23.6 Å². The molecule has 0 unspecified atom stereocenters. The summed E-state index contributed by atoms with van der Waals surface area (Å²) in [5.41, 5.74) is 0.620. The Balaban J connectivity index is 2.27. The van der Waals surface area contributed by atoms with E-state index in [2.05, 4.69) is 15.9 Å². The summed E-state index contributed by atoms with van der Waals surface area (Å²) in [5, 5.41) is 0. The van der Waals surface area contributed by atoms with Crippen molar-refractivity contribution in [1.82, 2.24) is 0 Å². The van der Waals surface area contributed by atoms with Gasteiger partial charge in [-0.3, -0.25) is 4.79 Å². The topological polar surface area (TPSA) is 26.3 Å². The molecule has 1 aliphatic rings. The van der Waals surface area contributed by atoms with Gasteiger partial charge in [0.25, 0.3) is 0 Å². The third-order valence-electron chi connectivity index (χ3n) is 1.92. The van der Waals surface area contributed by atoms with Crippen LogP contribution in [-0.2, 0) is 0 Å². The summed E-state index contributed by atoms with van der Waals surface area (Å²) in [4.78, 5) is 10.6. The summed E-state index contributed by atoms with van der Waals surface area (Å²) in [7, 11) is 0. The molecule has 13 heavy (non-hydrogen) atoms. The van der Waals surface area contributed by atoms with Gasteiger partial charge in [-0.15, -0.1) is 0 Å². The molecule has 1 aromatic carbocycles. The van der Waals surface area contributed by atoms with Gasteiger partial charge in [-0.2, -0.15) is 0 Å².